The van der Waals surface area contributed by atoms with Crippen molar-refractivity contribution in [2.45, 2.75) is 45.1 Å². The molecule has 1 aliphatic rings. The van der Waals surface area contributed by atoms with Gasteiger partial charge in [0.25, 0.3) is 0 Å². The third kappa shape index (κ3) is 5.04. The Morgan fingerprint density at radius 2 is 2.12 bits per heavy atom. The summed E-state index contributed by atoms with van der Waals surface area (Å²) in [6.45, 7) is 5.24. The van der Waals surface area contributed by atoms with Gasteiger partial charge in [-0.15, -0.1) is 0 Å². The molecule has 1 rings (SSSR count). The van der Waals surface area contributed by atoms with Crippen LogP contribution < -0.4 is 0 Å². The summed E-state index contributed by atoms with van der Waals surface area (Å²) >= 11 is 0. The fraction of sp³-hybridized carbons (Fsp3) is 0.923. The van der Waals surface area contributed by atoms with Crippen molar-refractivity contribution < 1.29 is 14.3 Å². The maximum atomic E-state index is 11.6. The summed E-state index contributed by atoms with van der Waals surface area (Å²) in [6.07, 6.45) is 6.28. The summed E-state index contributed by atoms with van der Waals surface area (Å²) in [6, 6.07) is -0.195. The van der Waals surface area contributed by atoms with E-state index >= 15 is 0 Å². The van der Waals surface area contributed by atoms with E-state index in [1.807, 2.05) is 0 Å². The van der Waals surface area contributed by atoms with Gasteiger partial charge in [-0.25, -0.2) is 0 Å². The molecule has 1 aliphatic heterocycles. The van der Waals surface area contributed by atoms with Crippen molar-refractivity contribution in [2.24, 2.45) is 0 Å². The maximum absolute atomic E-state index is 11.6. The highest BCUT2D eigenvalue weighted by atomic mass is 16.5. The van der Waals surface area contributed by atoms with Crippen LogP contribution in [0.3, 0.4) is 0 Å². The Bertz CT molecular complexity index is 221. The van der Waals surface area contributed by atoms with Crippen LogP contribution in [-0.2, 0) is 14.3 Å². The molecule has 0 amide bonds. The summed E-state index contributed by atoms with van der Waals surface area (Å²) in [4.78, 5) is 13.8. The number of carbonyl (C=O) groups is 1. The van der Waals surface area contributed by atoms with E-state index in [1.54, 1.807) is 0 Å². The lowest BCUT2D eigenvalue weighted by Crippen LogP contribution is -2.50. The minimum absolute atomic E-state index is 0.168. The van der Waals surface area contributed by atoms with Crippen LogP contribution in [0.25, 0.3) is 0 Å². The summed E-state index contributed by atoms with van der Waals surface area (Å²) in [5.74, 6) is -0.168. The van der Waals surface area contributed by atoms with Crippen molar-refractivity contribution >= 4 is 5.97 Å². The van der Waals surface area contributed by atoms with Gasteiger partial charge in [-0.1, -0.05) is 32.6 Å². The number of nitrogens with zero attached hydrogens (tertiary/aromatic N) is 1. The van der Waals surface area contributed by atoms with Crippen molar-refractivity contribution in [3.63, 3.8) is 0 Å². The monoisotopic (exact) mass is 243 g/mol. The molecule has 1 fully saturated rings. The van der Waals surface area contributed by atoms with Gasteiger partial charge in [0, 0.05) is 6.54 Å². The second kappa shape index (κ2) is 8.48. The molecule has 0 aliphatic carbocycles. The number of hydrogen-bond donors (Lipinski definition) is 0. The average Bonchev–Trinajstić information content (AvgIpc) is 2.38. The molecule has 0 saturated carbocycles. The zero-order valence-corrected chi connectivity index (χ0v) is 11.1. The molecule has 0 aromatic rings. The second-order valence-electron chi connectivity index (χ2n) is 4.56. The molecule has 1 heterocycles. The first kappa shape index (κ1) is 14.5. The van der Waals surface area contributed by atoms with Crippen LogP contribution in [0.4, 0.5) is 0 Å². The third-order valence-corrected chi connectivity index (χ3v) is 3.26. The van der Waals surface area contributed by atoms with Crippen LogP contribution in [0.5, 0.6) is 0 Å². The zero-order chi connectivity index (χ0) is 12.5. The first-order valence-corrected chi connectivity index (χ1v) is 6.69. The van der Waals surface area contributed by atoms with Gasteiger partial charge < -0.3 is 9.47 Å². The molecule has 1 saturated heterocycles. The van der Waals surface area contributed by atoms with Crippen molar-refractivity contribution in [2.75, 3.05) is 33.4 Å². The van der Waals surface area contributed by atoms with Crippen LogP contribution in [0.1, 0.15) is 39.0 Å². The fourth-order valence-electron chi connectivity index (χ4n) is 2.18. The minimum Gasteiger partial charge on any atom is -0.468 e. The van der Waals surface area contributed by atoms with Gasteiger partial charge in [-0.2, -0.15) is 0 Å². The number of esters is 1. The normalized spacial score (nSPS) is 21.4. The van der Waals surface area contributed by atoms with Gasteiger partial charge in [0.05, 0.1) is 20.3 Å². The number of morpholine rings is 1. The smallest absolute Gasteiger partial charge is 0.325 e. The lowest BCUT2D eigenvalue weighted by atomic mass is 10.1. The summed E-state index contributed by atoms with van der Waals surface area (Å²) in [5, 5.41) is 0. The highest BCUT2D eigenvalue weighted by Gasteiger charge is 2.29. The molecule has 0 spiro atoms. The summed E-state index contributed by atoms with van der Waals surface area (Å²) < 4.78 is 10.1. The largest absolute Gasteiger partial charge is 0.468 e. The molecule has 100 valence electrons. The van der Waals surface area contributed by atoms with Gasteiger partial charge in [0.1, 0.15) is 6.04 Å². The molecule has 4 heteroatoms. The van der Waals surface area contributed by atoms with Crippen molar-refractivity contribution in [1.82, 2.24) is 4.90 Å². The van der Waals surface area contributed by atoms with Crippen LogP contribution in [0.2, 0.25) is 0 Å². The molecule has 0 radical (unpaired) electrons. The zero-order valence-electron chi connectivity index (χ0n) is 11.1. The van der Waals surface area contributed by atoms with E-state index < -0.39 is 0 Å². The number of hydrogen-bond acceptors (Lipinski definition) is 4. The van der Waals surface area contributed by atoms with Crippen LogP contribution in [0, 0.1) is 0 Å². The van der Waals surface area contributed by atoms with E-state index in [4.69, 9.17) is 9.47 Å². The first-order chi connectivity index (χ1) is 8.29. The number of unbranched alkanes of at least 4 members (excludes halogenated alkanes) is 4. The van der Waals surface area contributed by atoms with E-state index in [-0.39, 0.29) is 12.0 Å². The summed E-state index contributed by atoms with van der Waals surface area (Å²) in [7, 11) is 1.44. The first-order valence-electron chi connectivity index (χ1n) is 6.69. The molecule has 0 N–H and O–H groups in total. The quantitative estimate of drug-likeness (QED) is 0.505. The summed E-state index contributed by atoms with van der Waals surface area (Å²) in [5.41, 5.74) is 0. The Kier molecular flexibility index (Phi) is 7.21. The molecule has 17 heavy (non-hydrogen) atoms. The Morgan fingerprint density at radius 1 is 1.35 bits per heavy atom. The van der Waals surface area contributed by atoms with Crippen LogP contribution in [-0.4, -0.2) is 50.3 Å². The van der Waals surface area contributed by atoms with E-state index in [0.717, 1.165) is 26.1 Å². The maximum Gasteiger partial charge on any atom is 0.325 e. The van der Waals surface area contributed by atoms with Crippen molar-refractivity contribution in [1.29, 1.82) is 0 Å². The Morgan fingerprint density at radius 3 is 2.82 bits per heavy atom. The molecule has 1 atom stereocenters. The number of rotatable bonds is 7. The third-order valence-electron chi connectivity index (χ3n) is 3.26. The lowest BCUT2D eigenvalue weighted by Gasteiger charge is -2.33. The molecule has 0 aromatic heterocycles. The number of methoxy groups -OCH3 is 1. The Labute approximate surface area is 104 Å². The Hall–Kier alpha value is -0.610. The Balaban J connectivity index is 2.25. The topological polar surface area (TPSA) is 38.8 Å². The fourth-order valence-corrected chi connectivity index (χ4v) is 2.18. The highest BCUT2D eigenvalue weighted by molar-refractivity contribution is 5.75. The molecule has 4 nitrogen and oxygen atoms in total. The molecule has 1 unspecified atom stereocenters. The molecule has 0 aromatic carbocycles. The van der Waals surface area contributed by atoms with E-state index in [0.29, 0.717) is 6.61 Å². The SMILES string of the molecule is CCCCCCCN1CCOCC1C(=O)OC. The predicted octanol–water partition coefficient (Wildman–Crippen LogP) is 1.83. The van der Waals surface area contributed by atoms with Gasteiger partial charge in [0.2, 0.25) is 0 Å². The van der Waals surface area contributed by atoms with Crippen molar-refractivity contribution in [3.8, 4) is 0 Å². The second-order valence-corrected chi connectivity index (χ2v) is 4.56. The van der Waals surface area contributed by atoms with Crippen LogP contribution >= 0.6 is 0 Å². The molecule has 0 bridgehead atoms. The van der Waals surface area contributed by atoms with Gasteiger partial charge in [-0.3, -0.25) is 9.69 Å². The van der Waals surface area contributed by atoms with E-state index in [2.05, 4.69) is 11.8 Å². The number of ether oxygens (including phenoxy) is 2. The van der Waals surface area contributed by atoms with Gasteiger partial charge in [0.15, 0.2) is 0 Å². The average molecular weight is 243 g/mol. The van der Waals surface area contributed by atoms with Crippen molar-refractivity contribution in [3.05, 3.63) is 0 Å². The van der Waals surface area contributed by atoms with E-state index in [9.17, 15) is 4.79 Å². The van der Waals surface area contributed by atoms with Gasteiger partial charge in [-0.05, 0) is 13.0 Å². The number of carbonyl (C=O) groups excluding carboxylic acids is 1. The van der Waals surface area contributed by atoms with Gasteiger partial charge >= 0.3 is 5.97 Å². The van der Waals surface area contributed by atoms with Crippen LogP contribution in [0.15, 0.2) is 0 Å². The standard InChI is InChI=1S/C13H25NO3/c1-3-4-5-6-7-8-14-9-10-17-11-12(14)13(15)16-2/h12H,3-11H2,1-2H3. The highest BCUT2D eigenvalue weighted by Crippen LogP contribution is 2.11. The van der Waals surface area contributed by atoms with E-state index in [1.165, 1.54) is 32.8 Å². The lowest BCUT2D eigenvalue weighted by molar-refractivity contribution is -0.153. The molecular formula is C13H25NO3. The molecular weight excluding hydrogens is 218 g/mol. The minimum atomic E-state index is -0.195. The predicted molar refractivity (Wildman–Crippen MR) is 67.0 cm³/mol.